The van der Waals surface area contributed by atoms with Gasteiger partial charge in [-0.2, -0.15) is 0 Å². The fraction of sp³-hybridized carbons (Fsp3) is 0.263. The third kappa shape index (κ3) is 3.11. The summed E-state index contributed by atoms with van der Waals surface area (Å²) >= 11 is 0. The highest BCUT2D eigenvalue weighted by Crippen LogP contribution is 2.38. The molecule has 1 heterocycles. The minimum Gasteiger partial charge on any atom is -0.450 e. The van der Waals surface area contributed by atoms with Gasteiger partial charge in [0.2, 0.25) is 6.10 Å². The highest BCUT2D eigenvalue weighted by atomic mass is 16.6. The minimum atomic E-state index is -0.723. The monoisotopic (exact) mass is 309 g/mol. The highest BCUT2D eigenvalue weighted by molar-refractivity contribution is 5.90. The van der Waals surface area contributed by atoms with E-state index in [1.54, 1.807) is 4.90 Å². The number of esters is 1. The number of β-lactam (4-membered cyclic amide) rings is 1. The summed E-state index contributed by atoms with van der Waals surface area (Å²) in [6, 6.07) is 17.6. The molecule has 2 aromatic rings. The van der Waals surface area contributed by atoms with Gasteiger partial charge in [0, 0.05) is 13.5 Å². The van der Waals surface area contributed by atoms with Crippen molar-refractivity contribution in [2.24, 2.45) is 0 Å². The molecule has 0 bridgehead atoms. The molecule has 3 rings (SSSR count). The Morgan fingerprint density at radius 3 is 2.35 bits per heavy atom. The second kappa shape index (κ2) is 6.24. The number of hydrogen-bond acceptors (Lipinski definition) is 3. The number of nitrogens with zero attached hydrogens (tertiary/aromatic N) is 1. The van der Waals surface area contributed by atoms with Gasteiger partial charge >= 0.3 is 5.97 Å². The Balaban J connectivity index is 1.86. The molecule has 2 aromatic carbocycles. The molecule has 1 amide bonds. The van der Waals surface area contributed by atoms with Crippen LogP contribution in [0.4, 0.5) is 0 Å². The average molecular weight is 309 g/mol. The quantitative estimate of drug-likeness (QED) is 0.644. The molecular formula is C19H19NO3. The Labute approximate surface area is 135 Å². The van der Waals surface area contributed by atoms with Crippen LogP contribution in [0.25, 0.3) is 0 Å². The van der Waals surface area contributed by atoms with Crippen LogP contribution < -0.4 is 0 Å². The summed E-state index contributed by atoms with van der Waals surface area (Å²) in [4.78, 5) is 25.5. The summed E-state index contributed by atoms with van der Waals surface area (Å²) in [6.45, 7) is 3.86. The maximum Gasteiger partial charge on any atom is 0.303 e. The van der Waals surface area contributed by atoms with Crippen LogP contribution in [0.15, 0.2) is 54.6 Å². The topological polar surface area (TPSA) is 46.6 Å². The van der Waals surface area contributed by atoms with Gasteiger partial charge < -0.3 is 9.64 Å². The van der Waals surface area contributed by atoms with Crippen LogP contribution in [0.3, 0.4) is 0 Å². The highest BCUT2D eigenvalue weighted by Gasteiger charge is 2.50. The molecule has 0 N–H and O–H groups in total. The number of carbonyl (C=O) groups is 2. The lowest BCUT2D eigenvalue weighted by molar-refractivity contribution is -0.183. The van der Waals surface area contributed by atoms with E-state index in [1.807, 2.05) is 61.5 Å². The third-order valence-electron chi connectivity index (χ3n) is 4.06. The van der Waals surface area contributed by atoms with Crippen LogP contribution in [0.2, 0.25) is 0 Å². The Morgan fingerprint density at radius 2 is 1.74 bits per heavy atom. The van der Waals surface area contributed by atoms with Gasteiger partial charge in [-0.1, -0.05) is 60.2 Å². The van der Waals surface area contributed by atoms with Crippen molar-refractivity contribution in [1.82, 2.24) is 4.90 Å². The number of benzene rings is 2. The molecule has 4 heteroatoms. The SMILES string of the molecule is CC(=O)O[C@@H]1C(=O)N(Cc2ccccc2)[C@@H]1c1ccc(C)cc1. The number of likely N-dealkylation sites (tertiary alicyclic amines) is 1. The normalized spacial score (nSPS) is 20.1. The molecule has 1 fully saturated rings. The van der Waals surface area contributed by atoms with Gasteiger partial charge in [-0.05, 0) is 18.1 Å². The molecule has 1 aliphatic rings. The van der Waals surface area contributed by atoms with E-state index < -0.39 is 12.1 Å². The van der Waals surface area contributed by atoms with Crippen molar-refractivity contribution in [1.29, 1.82) is 0 Å². The summed E-state index contributed by atoms with van der Waals surface area (Å²) in [5.74, 6) is -0.575. The minimum absolute atomic E-state index is 0.144. The second-order valence-corrected chi connectivity index (χ2v) is 5.84. The molecule has 1 saturated heterocycles. The van der Waals surface area contributed by atoms with Crippen LogP contribution in [-0.4, -0.2) is 22.9 Å². The molecule has 0 aliphatic carbocycles. The largest absolute Gasteiger partial charge is 0.450 e. The van der Waals surface area contributed by atoms with Gasteiger partial charge in [0.25, 0.3) is 5.91 Å². The molecule has 23 heavy (non-hydrogen) atoms. The maximum absolute atomic E-state index is 12.4. The van der Waals surface area contributed by atoms with E-state index in [1.165, 1.54) is 6.92 Å². The van der Waals surface area contributed by atoms with Gasteiger partial charge in [0.05, 0.1) is 0 Å². The number of carbonyl (C=O) groups excluding carboxylic acids is 2. The van der Waals surface area contributed by atoms with E-state index in [9.17, 15) is 9.59 Å². The first-order valence-corrected chi connectivity index (χ1v) is 7.64. The molecule has 118 valence electrons. The summed E-state index contributed by atoms with van der Waals surface area (Å²) < 4.78 is 5.23. The van der Waals surface area contributed by atoms with E-state index in [2.05, 4.69) is 0 Å². The van der Waals surface area contributed by atoms with Crippen molar-refractivity contribution in [3.05, 3.63) is 71.3 Å². The lowest BCUT2D eigenvalue weighted by atomic mass is 9.89. The molecular weight excluding hydrogens is 290 g/mol. The Kier molecular flexibility index (Phi) is 4.15. The Bertz CT molecular complexity index is 709. The molecule has 2 atom stereocenters. The van der Waals surface area contributed by atoms with Gasteiger partial charge in [-0.3, -0.25) is 9.59 Å². The van der Waals surface area contributed by atoms with E-state index in [4.69, 9.17) is 4.74 Å². The molecule has 1 aliphatic heterocycles. The smallest absolute Gasteiger partial charge is 0.303 e. The van der Waals surface area contributed by atoms with E-state index in [-0.39, 0.29) is 11.9 Å². The number of amides is 1. The van der Waals surface area contributed by atoms with E-state index in [0.717, 1.165) is 16.7 Å². The fourth-order valence-electron chi connectivity index (χ4n) is 2.89. The van der Waals surface area contributed by atoms with Gasteiger partial charge in [0.1, 0.15) is 6.04 Å². The third-order valence-corrected chi connectivity index (χ3v) is 4.06. The fourth-order valence-corrected chi connectivity index (χ4v) is 2.89. The summed E-state index contributed by atoms with van der Waals surface area (Å²) in [6.07, 6.45) is -0.723. The zero-order valence-corrected chi connectivity index (χ0v) is 13.2. The average Bonchev–Trinajstić information content (AvgIpc) is 2.55. The zero-order chi connectivity index (χ0) is 16.4. The first kappa shape index (κ1) is 15.3. The van der Waals surface area contributed by atoms with Crippen LogP contribution >= 0.6 is 0 Å². The van der Waals surface area contributed by atoms with Crippen LogP contribution in [0, 0.1) is 6.92 Å². The van der Waals surface area contributed by atoms with Crippen molar-refractivity contribution in [2.45, 2.75) is 32.5 Å². The second-order valence-electron chi connectivity index (χ2n) is 5.84. The van der Waals surface area contributed by atoms with Crippen LogP contribution in [-0.2, 0) is 20.9 Å². The maximum atomic E-state index is 12.4. The first-order valence-electron chi connectivity index (χ1n) is 7.64. The van der Waals surface area contributed by atoms with E-state index in [0.29, 0.717) is 6.54 Å². The number of hydrogen-bond donors (Lipinski definition) is 0. The van der Waals surface area contributed by atoms with Crippen LogP contribution in [0.1, 0.15) is 29.7 Å². The number of rotatable bonds is 4. The van der Waals surface area contributed by atoms with Crippen molar-refractivity contribution >= 4 is 11.9 Å². The van der Waals surface area contributed by atoms with Crippen molar-refractivity contribution < 1.29 is 14.3 Å². The molecule has 0 radical (unpaired) electrons. The van der Waals surface area contributed by atoms with Gasteiger partial charge in [0.15, 0.2) is 0 Å². The predicted octanol–water partition coefficient (Wildman–Crippen LogP) is 3.01. The van der Waals surface area contributed by atoms with Crippen molar-refractivity contribution in [3.63, 3.8) is 0 Å². The standard InChI is InChI=1S/C19H19NO3/c1-13-8-10-16(11-9-13)17-18(23-14(2)21)19(22)20(17)12-15-6-4-3-5-7-15/h3-11,17-18H,12H2,1-2H3/t17-,18+/m1/s1. The lowest BCUT2D eigenvalue weighted by Crippen LogP contribution is -2.59. The zero-order valence-electron chi connectivity index (χ0n) is 13.2. The Hall–Kier alpha value is -2.62. The van der Waals surface area contributed by atoms with Crippen molar-refractivity contribution in [3.8, 4) is 0 Å². The van der Waals surface area contributed by atoms with Gasteiger partial charge in [-0.25, -0.2) is 0 Å². The first-order chi connectivity index (χ1) is 11.1. The number of ether oxygens (including phenoxy) is 1. The summed E-state index contributed by atoms with van der Waals surface area (Å²) in [5.41, 5.74) is 3.19. The summed E-state index contributed by atoms with van der Waals surface area (Å²) in [7, 11) is 0. The number of aryl methyl sites for hydroxylation is 1. The predicted molar refractivity (Wildman–Crippen MR) is 86.5 cm³/mol. The van der Waals surface area contributed by atoms with E-state index >= 15 is 0 Å². The molecule has 0 aromatic heterocycles. The molecule has 0 spiro atoms. The Morgan fingerprint density at radius 1 is 1.09 bits per heavy atom. The van der Waals surface area contributed by atoms with Gasteiger partial charge in [-0.15, -0.1) is 0 Å². The molecule has 0 saturated carbocycles. The molecule has 0 unspecified atom stereocenters. The molecule has 4 nitrogen and oxygen atoms in total. The lowest BCUT2D eigenvalue weighted by Gasteiger charge is -2.46. The van der Waals surface area contributed by atoms with Crippen molar-refractivity contribution in [2.75, 3.05) is 0 Å². The summed E-state index contributed by atoms with van der Waals surface area (Å²) in [5, 5.41) is 0. The van der Waals surface area contributed by atoms with Crippen LogP contribution in [0.5, 0.6) is 0 Å².